The van der Waals surface area contributed by atoms with E-state index in [2.05, 4.69) is 10.3 Å². The van der Waals surface area contributed by atoms with Crippen LogP contribution < -0.4 is 5.32 Å². The topological polar surface area (TPSA) is 88.6 Å². The molecule has 3 atom stereocenters. The van der Waals surface area contributed by atoms with Crippen LogP contribution >= 0.6 is 0 Å². The van der Waals surface area contributed by atoms with Gasteiger partial charge in [-0.2, -0.15) is 4.31 Å². The van der Waals surface area contributed by atoms with E-state index in [1.807, 2.05) is 0 Å². The van der Waals surface area contributed by atoms with E-state index in [0.717, 1.165) is 6.42 Å². The molecule has 3 rings (SSSR count). The number of rotatable bonds is 4. The summed E-state index contributed by atoms with van der Waals surface area (Å²) in [6.07, 6.45) is 3.72. The van der Waals surface area contributed by atoms with E-state index in [0.29, 0.717) is 19.5 Å². The lowest BCUT2D eigenvalue weighted by Crippen LogP contribution is -2.32. The van der Waals surface area contributed by atoms with Crippen molar-refractivity contribution in [3.05, 3.63) is 24.5 Å². The zero-order valence-corrected chi connectivity index (χ0v) is 13.1. The van der Waals surface area contributed by atoms with Crippen LogP contribution in [0.15, 0.2) is 29.4 Å². The summed E-state index contributed by atoms with van der Waals surface area (Å²) in [6, 6.07) is 3.16. The van der Waals surface area contributed by atoms with Crippen LogP contribution in [-0.4, -0.2) is 56.0 Å². The van der Waals surface area contributed by atoms with Gasteiger partial charge < -0.3 is 10.1 Å². The number of pyridine rings is 1. The highest BCUT2D eigenvalue weighted by atomic mass is 32.2. The van der Waals surface area contributed by atoms with Gasteiger partial charge in [-0.1, -0.05) is 0 Å². The Morgan fingerprint density at radius 3 is 2.95 bits per heavy atom. The van der Waals surface area contributed by atoms with Crippen LogP contribution in [0.2, 0.25) is 0 Å². The minimum atomic E-state index is -3.51. The maximum Gasteiger partial charge on any atom is 0.244 e. The van der Waals surface area contributed by atoms with Crippen molar-refractivity contribution in [1.29, 1.82) is 0 Å². The normalized spacial score (nSPS) is 28.5. The van der Waals surface area contributed by atoms with Crippen molar-refractivity contribution in [1.82, 2.24) is 14.6 Å². The number of ether oxygens (including phenoxy) is 1. The van der Waals surface area contributed by atoms with E-state index in [1.165, 1.54) is 10.5 Å². The average molecular weight is 325 g/mol. The van der Waals surface area contributed by atoms with E-state index in [4.69, 9.17) is 4.74 Å². The second kappa shape index (κ2) is 5.94. The van der Waals surface area contributed by atoms with Gasteiger partial charge in [0.2, 0.25) is 15.9 Å². The molecule has 22 heavy (non-hydrogen) atoms. The molecule has 2 aliphatic heterocycles. The third kappa shape index (κ3) is 2.86. The van der Waals surface area contributed by atoms with E-state index < -0.39 is 10.0 Å². The van der Waals surface area contributed by atoms with Crippen LogP contribution in [-0.2, 0) is 19.6 Å². The summed E-state index contributed by atoms with van der Waals surface area (Å²) in [6.45, 7) is 0.776. The highest BCUT2D eigenvalue weighted by Crippen LogP contribution is 2.36. The molecular formula is C14H19N3O4S. The molecule has 1 aromatic rings. The number of hydrogen-bond acceptors (Lipinski definition) is 5. The van der Waals surface area contributed by atoms with Crippen LogP contribution in [0, 0.1) is 5.92 Å². The highest BCUT2D eigenvalue weighted by molar-refractivity contribution is 7.89. The first-order chi connectivity index (χ1) is 10.5. The van der Waals surface area contributed by atoms with Gasteiger partial charge in [-0.25, -0.2) is 8.42 Å². The van der Waals surface area contributed by atoms with Crippen LogP contribution in [0.4, 0.5) is 0 Å². The molecule has 120 valence electrons. The second-order valence-electron chi connectivity index (χ2n) is 5.68. The van der Waals surface area contributed by atoms with Crippen LogP contribution in [0.25, 0.3) is 0 Å². The molecule has 1 aromatic heterocycles. The summed E-state index contributed by atoms with van der Waals surface area (Å²) in [5.74, 6) is 0.103. The number of carbonyl (C=O) groups excluding carboxylic acids is 1. The van der Waals surface area contributed by atoms with Gasteiger partial charge in [0.25, 0.3) is 0 Å². The molecule has 0 aliphatic carbocycles. The van der Waals surface area contributed by atoms with Crippen LogP contribution in [0.5, 0.6) is 0 Å². The van der Waals surface area contributed by atoms with Gasteiger partial charge in [-0.3, -0.25) is 9.78 Å². The third-order valence-electron chi connectivity index (χ3n) is 4.24. The number of sulfonamides is 1. The SMILES string of the molecule is CNC(=O)C[C@@H]1C[C@H]2CN(S(=O)(=O)c3cccnc3)C[C@H]2O1. The van der Waals surface area contributed by atoms with Crippen molar-refractivity contribution in [2.75, 3.05) is 20.1 Å². The first kappa shape index (κ1) is 15.4. The molecule has 2 fully saturated rings. The standard InChI is InChI=1S/C14H19N3O4S/c1-15-14(18)6-11-5-10-8-17(9-13(10)21-11)22(19,20)12-3-2-4-16-7-12/h2-4,7,10-11,13H,5-6,8-9H2,1H3,(H,15,18)/t10-,11-,13+/m0/s1. The molecule has 1 N–H and O–H groups in total. The van der Waals surface area contributed by atoms with Gasteiger partial charge in [-0.05, 0) is 18.6 Å². The predicted molar refractivity (Wildman–Crippen MR) is 78.4 cm³/mol. The lowest BCUT2D eigenvalue weighted by Gasteiger charge is -2.18. The van der Waals surface area contributed by atoms with Crippen LogP contribution in [0.3, 0.4) is 0 Å². The third-order valence-corrected chi connectivity index (χ3v) is 6.06. The van der Waals surface area contributed by atoms with E-state index >= 15 is 0 Å². The van der Waals surface area contributed by atoms with Crippen molar-refractivity contribution >= 4 is 15.9 Å². The smallest absolute Gasteiger partial charge is 0.244 e. The number of hydrogen-bond donors (Lipinski definition) is 1. The monoisotopic (exact) mass is 325 g/mol. The summed E-state index contributed by atoms with van der Waals surface area (Å²) >= 11 is 0. The molecular weight excluding hydrogens is 306 g/mol. The first-order valence-electron chi connectivity index (χ1n) is 7.27. The molecule has 0 bridgehead atoms. The lowest BCUT2D eigenvalue weighted by molar-refractivity contribution is -0.123. The fraction of sp³-hybridized carbons (Fsp3) is 0.571. The van der Waals surface area contributed by atoms with E-state index in [9.17, 15) is 13.2 Å². The number of aromatic nitrogens is 1. The van der Waals surface area contributed by atoms with Gasteiger partial charge >= 0.3 is 0 Å². The zero-order valence-electron chi connectivity index (χ0n) is 12.3. The molecule has 1 amide bonds. The summed E-state index contributed by atoms with van der Waals surface area (Å²) in [5, 5.41) is 2.58. The van der Waals surface area contributed by atoms with E-state index in [-0.39, 0.29) is 28.9 Å². The maximum absolute atomic E-state index is 12.5. The van der Waals surface area contributed by atoms with Crippen molar-refractivity contribution in [3.8, 4) is 0 Å². The fourth-order valence-corrected chi connectivity index (χ4v) is 4.58. The summed E-state index contributed by atoms with van der Waals surface area (Å²) in [4.78, 5) is 15.5. The highest BCUT2D eigenvalue weighted by Gasteiger charge is 2.46. The summed E-state index contributed by atoms with van der Waals surface area (Å²) in [5.41, 5.74) is 0. The lowest BCUT2D eigenvalue weighted by atomic mass is 10.0. The molecule has 7 nitrogen and oxygen atoms in total. The predicted octanol–water partition coefficient (Wildman–Crippen LogP) is -0.00430. The number of nitrogens with one attached hydrogen (secondary N) is 1. The quantitative estimate of drug-likeness (QED) is 0.841. The molecule has 0 saturated carbocycles. The van der Waals surface area contributed by atoms with Crippen molar-refractivity contribution in [2.45, 2.75) is 29.9 Å². The molecule has 0 unspecified atom stereocenters. The van der Waals surface area contributed by atoms with Gasteiger partial charge in [0.15, 0.2) is 0 Å². The Morgan fingerprint density at radius 1 is 1.50 bits per heavy atom. The van der Waals surface area contributed by atoms with Crippen LogP contribution in [0.1, 0.15) is 12.8 Å². The molecule has 8 heteroatoms. The molecule has 0 spiro atoms. The molecule has 0 radical (unpaired) electrons. The molecule has 0 aromatic carbocycles. The number of fused-ring (bicyclic) bond motifs is 1. The Balaban J connectivity index is 1.65. The Bertz CT molecular complexity index is 635. The Hall–Kier alpha value is -1.51. The van der Waals surface area contributed by atoms with Gasteiger partial charge in [0.05, 0.1) is 18.6 Å². The van der Waals surface area contributed by atoms with Gasteiger partial charge in [0.1, 0.15) is 4.90 Å². The fourth-order valence-electron chi connectivity index (χ4n) is 3.11. The first-order valence-corrected chi connectivity index (χ1v) is 8.71. The Labute approximate surface area is 129 Å². The maximum atomic E-state index is 12.5. The summed E-state index contributed by atoms with van der Waals surface area (Å²) in [7, 11) is -1.92. The number of carbonyl (C=O) groups is 1. The number of amides is 1. The van der Waals surface area contributed by atoms with E-state index in [1.54, 1.807) is 25.4 Å². The van der Waals surface area contributed by atoms with Gasteiger partial charge in [0, 0.05) is 38.4 Å². The molecule has 2 aliphatic rings. The largest absolute Gasteiger partial charge is 0.373 e. The minimum Gasteiger partial charge on any atom is -0.373 e. The average Bonchev–Trinajstić information content (AvgIpc) is 3.06. The second-order valence-corrected chi connectivity index (χ2v) is 7.62. The van der Waals surface area contributed by atoms with Crippen molar-refractivity contribution in [2.24, 2.45) is 5.92 Å². The molecule has 2 saturated heterocycles. The van der Waals surface area contributed by atoms with Crippen molar-refractivity contribution in [3.63, 3.8) is 0 Å². The molecule has 3 heterocycles. The Kier molecular flexibility index (Phi) is 4.16. The minimum absolute atomic E-state index is 0.0511. The van der Waals surface area contributed by atoms with Gasteiger partial charge in [-0.15, -0.1) is 0 Å². The van der Waals surface area contributed by atoms with Crippen molar-refractivity contribution < 1.29 is 17.9 Å². The number of nitrogens with zero attached hydrogens (tertiary/aromatic N) is 2. The summed E-state index contributed by atoms with van der Waals surface area (Å²) < 4.78 is 32.4. The zero-order chi connectivity index (χ0) is 15.7. The Morgan fingerprint density at radius 2 is 2.32 bits per heavy atom.